The molecular formula is C31H34F3N5O4. The normalized spacial score (nSPS) is 19.2. The van der Waals surface area contributed by atoms with Crippen LogP contribution < -0.4 is 15.0 Å². The van der Waals surface area contributed by atoms with Gasteiger partial charge in [0.1, 0.15) is 11.3 Å². The lowest BCUT2D eigenvalue weighted by Crippen LogP contribution is -2.49. The number of nitrogens with one attached hydrogen (secondary N) is 1. The summed E-state index contributed by atoms with van der Waals surface area (Å²) in [6.07, 6.45) is 1.72. The summed E-state index contributed by atoms with van der Waals surface area (Å²) in [5, 5.41) is 14.1. The zero-order valence-electron chi connectivity index (χ0n) is 23.8. The highest BCUT2D eigenvalue weighted by Crippen LogP contribution is 2.38. The predicted octanol–water partition coefficient (Wildman–Crippen LogP) is 6.01. The van der Waals surface area contributed by atoms with Crippen LogP contribution in [-0.4, -0.2) is 59.0 Å². The Morgan fingerprint density at radius 3 is 2.37 bits per heavy atom. The van der Waals surface area contributed by atoms with E-state index >= 15 is 0 Å². The number of rotatable bonds is 8. The van der Waals surface area contributed by atoms with Gasteiger partial charge in [-0.15, -0.1) is 0 Å². The maximum atomic E-state index is 13.3. The lowest BCUT2D eigenvalue weighted by molar-refractivity contribution is -0.388. The van der Waals surface area contributed by atoms with Crippen LogP contribution in [0.15, 0.2) is 60.9 Å². The van der Waals surface area contributed by atoms with Crippen LogP contribution in [-0.2, 0) is 17.4 Å². The van der Waals surface area contributed by atoms with Crippen molar-refractivity contribution in [1.29, 1.82) is 0 Å². The van der Waals surface area contributed by atoms with Crippen molar-refractivity contribution in [3.8, 4) is 5.75 Å². The molecule has 0 bridgehead atoms. The predicted molar refractivity (Wildman–Crippen MR) is 156 cm³/mol. The number of carbonyl (C=O) groups excluding carboxylic acids is 1. The maximum absolute atomic E-state index is 13.3. The van der Waals surface area contributed by atoms with E-state index in [2.05, 4.69) is 15.2 Å². The molecule has 2 heterocycles. The molecule has 12 heteroatoms. The topological polar surface area (TPSA) is 101 Å². The van der Waals surface area contributed by atoms with Gasteiger partial charge in [-0.1, -0.05) is 29.8 Å². The van der Waals surface area contributed by atoms with Crippen molar-refractivity contribution in [1.82, 2.24) is 9.88 Å². The van der Waals surface area contributed by atoms with E-state index in [-0.39, 0.29) is 23.7 Å². The van der Waals surface area contributed by atoms with Gasteiger partial charge in [-0.3, -0.25) is 19.9 Å². The van der Waals surface area contributed by atoms with Crippen molar-refractivity contribution < 1.29 is 27.6 Å². The molecule has 3 aromatic rings. The number of hydrogen-bond acceptors (Lipinski definition) is 7. The minimum absolute atomic E-state index is 0.0612. The van der Waals surface area contributed by atoms with Gasteiger partial charge >= 0.3 is 6.18 Å². The zero-order valence-corrected chi connectivity index (χ0v) is 23.8. The van der Waals surface area contributed by atoms with Crippen LogP contribution in [0.25, 0.3) is 0 Å². The summed E-state index contributed by atoms with van der Waals surface area (Å²) in [6, 6.07) is 12.9. The number of hydrogen-bond donors (Lipinski definition) is 1. The molecule has 2 fully saturated rings. The van der Waals surface area contributed by atoms with Crippen LogP contribution in [0.2, 0.25) is 0 Å². The molecule has 1 saturated heterocycles. The van der Waals surface area contributed by atoms with Gasteiger partial charge in [-0.05, 0) is 50.3 Å². The quantitative estimate of drug-likeness (QED) is 0.251. The van der Waals surface area contributed by atoms with Crippen molar-refractivity contribution >= 4 is 23.0 Å². The molecule has 1 amide bonds. The molecule has 0 unspecified atom stereocenters. The fraction of sp³-hybridized carbons (Fsp3) is 0.419. The minimum Gasteiger partial charge on any atom is -0.489 e. The van der Waals surface area contributed by atoms with Gasteiger partial charge in [0.05, 0.1) is 35.5 Å². The number of piperazine rings is 1. The Balaban J connectivity index is 1.10. The summed E-state index contributed by atoms with van der Waals surface area (Å²) in [6.45, 7) is 4.67. The first-order valence-electron chi connectivity index (χ1n) is 14.4. The first-order valence-corrected chi connectivity index (χ1v) is 14.4. The van der Waals surface area contributed by atoms with E-state index in [0.29, 0.717) is 64.0 Å². The first-order chi connectivity index (χ1) is 20.5. The Bertz CT molecular complexity index is 1430. The maximum Gasteiger partial charge on any atom is 0.423 e. The molecule has 0 radical (unpaired) electrons. The number of nitro groups is 1. The second kappa shape index (κ2) is 12.9. The molecule has 43 heavy (non-hydrogen) atoms. The monoisotopic (exact) mass is 597 g/mol. The Kier molecular flexibility index (Phi) is 9.02. The largest absolute Gasteiger partial charge is 0.489 e. The summed E-state index contributed by atoms with van der Waals surface area (Å²) < 4.78 is 46.2. The Hall–Kier alpha value is -4.35. The van der Waals surface area contributed by atoms with Gasteiger partial charge in [-0.25, -0.2) is 0 Å². The van der Waals surface area contributed by atoms with Gasteiger partial charge in [0.15, 0.2) is 0 Å². The smallest absolute Gasteiger partial charge is 0.423 e. The van der Waals surface area contributed by atoms with E-state index in [1.54, 1.807) is 12.4 Å². The summed E-state index contributed by atoms with van der Waals surface area (Å²) in [4.78, 5) is 31.2. The third kappa shape index (κ3) is 7.74. The standard InChI is InChI=1S/C31H34F3N5O4/c1-21-2-4-22(5-3-21)16-30(40)38-14-12-37(13-15-38)25-18-27(20-35-19-25)43-26-9-6-23(7-10-26)36-24-8-11-29(39(41)42)28(17-24)31(32,33)34/h2-5,8,11,17-20,23,26,36H,6-7,9-10,12-16H2,1H3. The van der Waals surface area contributed by atoms with Crippen molar-refractivity contribution in [2.45, 2.75) is 57.3 Å². The minimum atomic E-state index is -4.82. The molecule has 1 aliphatic heterocycles. The Morgan fingerprint density at radius 2 is 1.72 bits per heavy atom. The number of aromatic nitrogens is 1. The summed E-state index contributed by atoms with van der Waals surface area (Å²) in [5.74, 6) is 0.773. The molecule has 9 nitrogen and oxygen atoms in total. The summed E-state index contributed by atoms with van der Waals surface area (Å²) in [5.41, 5.74) is 1.09. The van der Waals surface area contributed by atoms with Gasteiger partial charge in [-0.2, -0.15) is 13.2 Å². The van der Waals surface area contributed by atoms with E-state index in [1.165, 1.54) is 11.6 Å². The van der Waals surface area contributed by atoms with Crippen LogP contribution >= 0.6 is 0 Å². The zero-order chi connectivity index (χ0) is 30.6. The third-order valence-corrected chi connectivity index (χ3v) is 8.02. The van der Waals surface area contributed by atoms with E-state index in [9.17, 15) is 28.1 Å². The summed E-state index contributed by atoms with van der Waals surface area (Å²) >= 11 is 0. The van der Waals surface area contributed by atoms with E-state index in [4.69, 9.17) is 4.74 Å². The third-order valence-electron chi connectivity index (χ3n) is 8.02. The van der Waals surface area contributed by atoms with Crippen LogP contribution in [0, 0.1) is 17.0 Å². The van der Waals surface area contributed by atoms with Crippen molar-refractivity contribution in [3.05, 3.63) is 87.7 Å². The SMILES string of the molecule is Cc1ccc(CC(=O)N2CCN(c3cncc(OC4CCC(Nc5ccc([N+](=O)[O-])c(C(F)(F)F)c5)CC4)c3)CC2)cc1. The molecule has 0 spiro atoms. The fourth-order valence-electron chi connectivity index (χ4n) is 5.62. The molecule has 2 aromatic carbocycles. The molecule has 0 atom stereocenters. The number of carbonyl (C=O) groups is 1. The van der Waals surface area contributed by atoms with Crippen LogP contribution in [0.4, 0.5) is 30.2 Å². The molecule has 1 aromatic heterocycles. The highest BCUT2D eigenvalue weighted by Gasteiger charge is 2.38. The molecule has 228 valence electrons. The van der Waals surface area contributed by atoms with Crippen molar-refractivity contribution in [3.63, 3.8) is 0 Å². The number of nitrogens with zero attached hydrogens (tertiary/aromatic N) is 4. The van der Waals surface area contributed by atoms with Crippen molar-refractivity contribution in [2.75, 3.05) is 36.4 Å². The highest BCUT2D eigenvalue weighted by atomic mass is 19.4. The lowest BCUT2D eigenvalue weighted by atomic mass is 9.92. The van der Waals surface area contributed by atoms with Gasteiger partial charge < -0.3 is 19.9 Å². The summed E-state index contributed by atoms with van der Waals surface area (Å²) in [7, 11) is 0. The van der Waals surface area contributed by atoms with E-state index in [0.717, 1.165) is 23.4 Å². The van der Waals surface area contributed by atoms with Crippen LogP contribution in [0.1, 0.15) is 42.4 Å². The fourth-order valence-corrected chi connectivity index (χ4v) is 5.62. The van der Waals surface area contributed by atoms with Gasteiger partial charge in [0.25, 0.3) is 5.69 Å². The molecule has 2 aliphatic rings. The average Bonchev–Trinajstić information content (AvgIpc) is 2.99. The number of nitro benzene ring substituents is 1. The number of amides is 1. The first kappa shape index (κ1) is 30.1. The Morgan fingerprint density at radius 1 is 1.02 bits per heavy atom. The lowest BCUT2D eigenvalue weighted by Gasteiger charge is -2.36. The van der Waals surface area contributed by atoms with E-state index in [1.807, 2.05) is 42.2 Å². The Labute approximate surface area is 247 Å². The number of benzene rings is 2. The number of ether oxygens (including phenoxy) is 1. The van der Waals surface area contributed by atoms with Gasteiger partial charge in [0.2, 0.25) is 5.91 Å². The van der Waals surface area contributed by atoms with Crippen molar-refractivity contribution in [2.24, 2.45) is 0 Å². The molecule has 1 N–H and O–H groups in total. The van der Waals surface area contributed by atoms with Crippen LogP contribution in [0.3, 0.4) is 0 Å². The number of anilines is 2. The highest BCUT2D eigenvalue weighted by molar-refractivity contribution is 5.79. The van der Waals surface area contributed by atoms with E-state index < -0.39 is 22.4 Å². The molecule has 1 aliphatic carbocycles. The molecule has 1 saturated carbocycles. The molecule has 5 rings (SSSR count). The number of alkyl halides is 3. The van der Waals surface area contributed by atoms with Gasteiger partial charge in [0, 0.05) is 50.0 Å². The molecular weight excluding hydrogens is 563 g/mol. The number of aryl methyl sites for hydroxylation is 1. The number of pyridine rings is 1. The second-order valence-electron chi connectivity index (χ2n) is 11.1. The van der Waals surface area contributed by atoms with Crippen LogP contribution in [0.5, 0.6) is 5.75 Å². The number of halogens is 3. The average molecular weight is 598 g/mol. The second-order valence-corrected chi connectivity index (χ2v) is 11.1.